The molecule has 1 heterocycles. The van der Waals surface area contributed by atoms with Crippen molar-refractivity contribution in [2.45, 2.75) is 6.92 Å². The van der Waals surface area contributed by atoms with Gasteiger partial charge in [0.1, 0.15) is 11.3 Å². The van der Waals surface area contributed by atoms with E-state index in [4.69, 9.17) is 16.3 Å². The van der Waals surface area contributed by atoms with Crippen LogP contribution in [0.15, 0.2) is 42.6 Å². The van der Waals surface area contributed by atoms with E-state index in [9.17, 15) is 4.79 Å². The molecule has 98 valence electrons. The van der Waals surface area contributed by atoms with Crippen LogP contribution in [0.4, 0.5) is 0 Å². The molecule has 4 nitrogen and oxygen atoms in total. The first kappa shape index (κ1) is 13.4. The van der Waals surface area contributed by atoms with E-state index in [2.05, 4.69) is 10.3 Å². The predicted octanol–water partition coefficient (Wildman–Crippen LogP) is 3.28. The number of carbonyl (C=O) groups excluding carboxylic acids is 1. The first-order valence-electron chi connectivity index (χ1n) is 5.87. The molecule has 1 aromatic carbocycles. The lowest BCUT2D eigenvalue weighted by Crippen LogP contribution is -2.23. The lowest BCUT2D eigenvalue weighted by Gasteiger charge is -2.09. The smallest absolute Gasteiger partial charge is 0.256 e. The van der Waals surface area contributed by atoms with E-state index >= 15 is 0 Å². The normalized spacial score (nSPS) is 10.0. The van der Waals surface area contributed by atoms with E-state index in [0.717, 1.165) is 0 Å². The first-order chi connectivity index (χ1) is 9.20. The van der Waals surface area contributed by atoms with Crippen molar-refractivity contribution in [2.75, 3.05) is 6.54 Å². The van der Waals surface area contributed by atoms with Crippen molar-refractivity contribution in [3.05, 3.63) is 53.2 Å². The molecule has 2 rings (SSSR count). The number of benzene rings is 1. The van der Waals surface area contributed by atoms with Gasteiger partial charge in [-0.2, -0.15) is 0 Å². The minimum absolute atomic E-state index is 0.209. The molecule has 0 saturated heterocycles. The van der Waals surface area contributed by atoms with E-state index in [-0.39, 0.29) is 11.8 Å². The summed E-state index contributed by atoms with van der Waals surface area (Å²) in [6, 6.07) is 10.2. The number of nitrogens with one attached hydrogen (secondary N) is 1. The molecule has 19 heavy (non-hydrogen) atoms. The number of pyridine rings is 1. The van der Waals surface area contributed by atoms with Gasteiger partial charge in [-0.25, -0.2) is 4.98 Å². The Morgan fingerprint density at radius 1 is 1.32 bits per heavy atom. The average molecular weight is 277 g/mol. The fraction of sp³-hybridized carbons (Fsp3) is 0.143. The Kier molecular flexibility index (Phi) is 4.36. The summed E-state index contributed by atoms with van der Waals surface area (Å²) in [6.07, 6.45) is 1.58. The van der Waals surface area contributed by atoms with Gasteiger partial charge in [-0.15, -0.1) is 0 Å². The van der Waals surface area contributed by atoms with E-state index in [0.29, 0.717) is 22.9 Å². The summed E-state index contributed by atoms with van der Waals surface area (Å²) >= 11 is 5.80. The number of halogens is 1. The second-order valence-electron chi connectivity index (χ2n) is 3.77. The molecule has 1 aromatic heterocycles. The number of ether oxygens (including phenoxy) is 1. The summed E-state index contributed by atoms with van der Waals surface area (Å²) in [5, 5.41) is 3.34. The van der Waals surface area contributed by atoms with Crippen molar-refractivity contribution >= 4 is 17.5 Å². The van der Waals surface area contributed by atoms with Crippen LogP contribution in [0, 0.1) is 0 Å². The Morgan fingerprint density at radius 3 is 2.74 bits per heavy atom. The zero-order chi connectivity index (χ0) is 13.7. The largest absolute Gasteiger partial charge is 0.438 e. The summed E-state index contributed by atoms with van der Waals surface area (Å²) in [4.78, 5) is 15.9. The Hall–Kier alpha value is -2.07. The molecule has 1 amide bonds. The van der Waals surface area contributed by atoms with Crippen LogP contribution < -0.4 is 10.1 Å². The second kappa shape index (κ2) is 6.20. The fourth-order valence-corrected chi connectivity index (χ4v) is 1.64. The Labute approximate surface area is 116 Å². The highest BCUT2D eigenvalue weighted by atomic mass is 35.5. The van der Waals surface area contributed by atoms with Gasteiger partial charge >= 0.3 is 0 Å². The van der Waals surface area contributed by atoms with Gasteiger partial charge in [0.05, 0.1) is 0 Å². The third-order valence-corrected chi connectivity index (χ3v) is 2.63. The van der Waals surface area contributed by atoms with Crippen molar-refractivity contribution in [2.24, 2.45) is 0 Å². The van der Waals surface area contributed by atoms with Gasteiger partial charge in [0.2, 0.25) is 5.88 Å². The maximum absolute atomic E-state index is 11.9. The highest BCUT2D eigenvalue weighted by Crippen LogP contribution is 2.24. The van der Waals surface area contributed by atoms with Crippen LogP contribution in [0.2, 0.25) is 5.02 Å². The monoisotopic (exact) mass is 276 g/mol. The van der Waals surface area contributed by atoms with E-state index in [1.54, 1.807) is 42.6 Å². The molecule has 2 aromatic rings. The average Bonchev–Trinajstić information content (AvgIpc) is 2.42. The topological polar surface area (TPSA) is 51.2 Å². The summed E-state index contributed by atoms with van der Waals surface area (Å²) in [6.45, 7) is 2.40. The number of nitrogens with zero attached hydrogens (tertiary/aromatic N) is 1. The number of hydrogen-bond donors (Lipinski definition) is 1. The minimum atomic E-state index is -0.209. The maximum atomic E-state index is 11.9. The molecule has 0 saturated carbocycles. The molecule has 0 aliphatic carbocycles. The summed E-state index contributed by atoms with van der Waals surface area (Å²) in [5.74, 6) is 0.643. The van der Waals surface area contributed by atoms with Crippen LogP contribution in [-0.2, 0) is 0 Å². The van der Waals surface area contributed by atoms with Crippen LogP contribution >= 0.6 is 11.6 Å². The van der Waals surface area contributed by atoms with E-state index < -0.39 is 0 Å². The van der Waals surface area contributed by atoms with Gasteiger partial charge in [0.15, 0.2) is 0 Å². The number of hydrogen-bond acceptors (Lipinski definition) is 3. The molecule has 0 radical (unpaired) electrons. The molecule has 0 unspecified atom stereocenters. The molecule has 0 bridgehead atoms. The lowest BCUT2D eigenvalue weighted by atomic mass is 10.2. The van der Waals surface area contributed by atoms with Crippen molar-refractivity contribution in [1.82, 2.24) is 10.3 Å². The van der Waals surface area contributed by atoms with Crippen molar-refractivity contribution < 1.29 is 9.53 Å². The third-order valence-electron chi connectivity index (χ3n) is 2.38. The Morgan fingerprint density at radius 2 is 2.05 bits per heavy atom. The van der Waals surface area contributed by atoms with E-state index in [1.165, 1.54) is 0 Å². The lowest BCUT2D eigenvalue weighted by molar-refractivity contribution is 0.0953. The van der Waals surface area contributed by atoms with Gasteiger partial charge in [-0.1, -0.05) is 11.6 Å². The zero-order valence-corrected chi connectivity index (χ0v) is 11.1. The van der Waals surface area contributed by atoms with Crippen LogP contribution in [-0.4, -0.2) is 17.4 Å². The highest BCUT2D eigenvalue weighted by Gasteiger charge is 2.13. The van der Waals surface area contributed by atoms with E-state index in [1.807, 2.05) is 6.92 Å². The number of rotatable bonds is 4. The Balaban J connectivity index is 2.24. The van der Waals surface area contributed by atoms with Crippen molar-refractivity contribution in [3.8, 4) is 11.6 Å². The van der Waals surface area contributed by atoms with Gasteiger partial charge in [0, 0.05) is 17.8 Å². The predicted molar refractivity (Wildman–Crippen MR) is 73.8 cm³/mol. The van der Waals surface area contributed by atoms with Crippen LogP contribution in [0.3, 0.4) is 0 Å². The van der Waals surface area contributed by atoms with Gasteiger partial charge in [-0.3, -0.25) is 4.79 Å². The first-order valence-corrected chi connectivity index (χ1v) is 6.25. The maximum Gasteiger partial charge on any atom is 0.256 e. The molecular weight excluding hydrogens is 264 g/mol. The molecular formula is C14H13ClN2O2. The molecule has 0 aliphatic heterocycles. The zero-order valence-electron chi connectivity index (χ0n) is 10.4. The van der Waals surface area contributed by atoms with Crippen LogP contribution in [0.25, 0.3) is 0 Å². The van der Waals surface area contributed by atoms with Crippen LogP contribution in [0.1, 0.15) is 17.3 Å². The quantitative estimate of drug-likeness (QED) is 0.932. The minimum Gasteiger partial charge on any atom is -0.438 e. The van der Waals surface area contributed by atoms with Crippen molar-refractivity contribution in [1.29, 1.82) is 0 Å². The summed E-state index contributed by atoms with van der Waals surface area (Å²) in [7, 11) is 0. The summed E-state index contributed by atoms with van der Waals surface area (Å²) < 4.78 is 5.60. The van der Waals surface area contributed by atoms with Gasteiger partial charge < -0.3 is 10.1 Å². The fourth-order valence-electron chi connectivity index (χ4n) is 1.52. The number of carbonyl (C=O) groups is 1. The highest BCUT2D eigenvalue weighted by molar-refractivity contribution is 6.30. The second-order valence-corrected chi connectivity index (χ2v) is 4.21. The molecule has 1 N–H and O–H groups in total. The number of aromatic nitrogens is 1. The molecule has 0 aliphatic rings. The Bertz CT molecular complexity index is 570. The number of amides is 1. The van der Waals surface area contributed by atoms with Gasteiger partial charge in [0.25, 0.3) is 5.91 Å². The molecule has 0 fully saturated rings. The van der Waals surface area contributed by atoms with Gasteiger partial charge in [-0.05, 0) is 43.3 Å². The standard InChI is InChI=1S/C14H13ClN2O2/c1-2-16-13(18)12-4-3-9-17-14(12)19-11-7-5-10(15)6-8-11/h3-9H,2H2,1H3,(H,16,18). The van der Waals surface area contributed by atoms with Crippen molar-refractivity contribution in [3.63, 3.8) is 0 Å². The molecule has 0 spiro atoms. The third kappa shape index (κ3) is 3.45. The summed E-state index contributed by atoms with van der Waals surface area (Å²) in [5.41, 5.74) is 0.402. The molecule has 0 atom stereocenters. The molecule has 5 heteroatoms. The van der Waals surface area contributed by atoms with Crippen LogP contribution in [0.5, 0.6) is 11.6 Å². The SMILES string of the molecule is CCNC(=O)c1cccnc1Oc1ccc(Cl)cc1.